The second-order valence-corrected chi connectivity index (χ2v) is 4.47. The number of aryl methyl sites for hydroxylation is 1. The topological polar surface area (TPSA) is 95.9 Å². The molecule has 0 saturated carbocycles. The number of rotatable bonds is 3. The monoisotopic (exact) mass is 283 g/mol. The van der Waals surface area contributed by atoms with Crippen LogP contribution in [0.5, 0.6) is 5.75 Å². The zero-order valence-corrected chi connectivity index (χ0v) is 11.6. The number of nitrogens with two attached hydrogens (primary N) is 1. The van der Waals surface area contributed by atoms with Crippen molar-refractivity contribution in [2.45, 2.75) is 6.92 Å². The Morgan fingerprint density at radius 2 is 1.95 bits per heavy atom. The van der Waals surface area contributed by atoms with E-state index in [-0.39, 0.29) is 5.69 Å². The van der Waals surface area contributed by atoms with Gasteiger partial charge in [-0.15, -0.1) is 0 Å². The summed E-state index contributed by atoms with van der Waals surface area (Å²) in [4.78, 5) is 24.1. The highest BCUT2D eigenvalue weighted by atomic mass is 16.5. The zero-order valence-electron chi connectivity index (χ0n) is 11.6. The van der Waals surface area contributed by atoms with Crippen LogP contribution in [0.1, 0.15) is 16.3 Å². The Hall–Kier alpha value is -2.96. The molecule has 3 aromatic rings. The molecule has 7 nitrogen and oxygen atoms in total. The molecule has 0 aliphatic heterocycles. The van der Waals surface area contributed by atoms with Crippen LogP contribution in [0.25, 0.3) is 16.9 Å². The number of primary amides is 1. The number of benzene rings is 1. The molecule has 0 fully saturated rings. The predicted molar refractivity (Wildman–Crippen MR) is 76.5 cm³/mol. The average molecular weight is 283 g/mol. The summed E-state index contributed by atoms with van der Waals surface area (Å²) in [7, 11) is 1.61. The van der Waals surface area contributed by atoms with Crippen molar-refractivity contribution in [3.63, 3.8) is 0 Å². The average Bonchev–Trinajstić information content (AvgIpc) is 2.90. The summed E-state index contributed by atoms with van der Waals surface area (Å²) in [6.07, 6.45) is 1.59. The fourth-order valence-corrected chi connectivity index (χ4v) is 2.11. The quantitative estimate of drug-likeness (QED) is 0.780. The van der Waals surface area contributed by atoms with Crippen LogP contribution in [0.4, 0.5) is 0 Å². The summed E-state index contributed by atoms with van der Waals surface area (Å²) in [5.74, 6) is 0.601. The van der Waals surface area contributed by atoms with Gasteiger partial charge < -0.3 is 10.5 Å². The number of amides is 1. The molecule has 1 amide bonds. The number of aromatic nitrogens is 4. The zero-order chi connectivity index (χ0) is 15.0. The number of carbonyl (C=O) groups excluding carboxylic acids is 1. The van der Waals surface area contributed by atoms with Gasteiger partial charge in [0, 0.05) is 5.69 Å². The molecule has 2 N–H and O–H groups in total. The van der Waals surface area contributed by atoms with Crippen molar-refractivity contribution in [3.8, 4) is 11.4 Å². The van der Waals surface area contributed by atoms with E-state index in [1.807, 2.05) is 24.3 Å². The maximum absolute atomic E-state index is 11.5. The first-order valence-electron chi connectivity index (χ1n) is 6.26. The molecule has 3 rings (SSSR count). The van der Waals surface area contributed by atoms with E-state index in [0.29, 0.717) is 17.0 Å². The number of carbonyl (C=O) groups is 1. The molecule has 0 unspecified atom stereocenters. The molecular formula is C14H13N5O2. The van der Waals surface area contributed by atoms with E-state index in [1.54, 1.807) is 24.9 Å². The number of hydrogen-bond acceptors (Lipinski definition) is 5. The van der Waals surface area contributed by atoms with Gasteiger partial charge in [0.1, 0.15) is 23.4 Å². The normalized spacial score (nSPS) is 10.8. The Bertz CT molecular complexity index is 823. The summed E-state index contributed by atoms with van der Waals surface area (Å²) in [5, 5.41) is 0. The molecule has 2 heterocycles. The molecule has 1 aromatic carbocycles. The number of hydrogen-bond donors (Lipinski definition) is 1. The van der Waals surface area contributed by atoms with Crippen LogP contribution >= 0.6 is 0 Å². The Morgan fingerprint density at radius 3 is 2.57 bits per heavy atom. The van der Waals surface area contributed by atoms with Crippen LogP contribution in [0.2, 0.25) is 0 Å². The minimum atomic E-state index is -0.620. The summed E-state index contributed by atoms with van der Waals surface area (Å²) >= 11 is 0. The summed E-state index contributed by atoms with van der Waals surface area (Å²) in [6.45, 7) is 1.71. The lowest BCUT2D eigenvalue weighted by molar-refractivity contribution is 0.0997. The molecule has 21 heavy (non-hydrogen) atoms. The van der Waals surface area contributed by atoms with E-state index in [2.05, 4.69) is 15.0 Å². The van der Waals surface area contributed by atoms with Gasteiger partial charge in [-0.1, -0.05) is 0 Å². The third kappa shape index (κ3) is 2.18. The van der Waals surface area contributed by atoms with Crippen LogP contribution in [0.15, 0.2) is 30.6 Å². The van der Waals surface area contributed by atoms with E-state index >= 15 is 0 Å². The minimum absolute atomic E-state index is 0.129. The fraction of sp³-hybridized carbons (Fsp3) is 0.143. The SMILES string of the molecule is COc1ccc(-n2cnc3c(C(N)=O)nc(C)nc32)cc1. The highest BCUT2D eigenvalue weighted by Gasteiger charge is 2.16. The summed E-state index contributed by atoms with van der Waals surface area (Å²) in [6, 6.07) is 7.43. The van der Waals surface area contributed by atoms with Crippen LogP contribution in [-0.2, 0) is 0 Å². The third-order valence-electron chi connectivity index (χ3n) is 3.09. The van der Waals surface area contributed by atoms with Crippen molar-refractivity contribution in [3.05, 3.63) is 42.1 Å². The van der Waals surface area contributed by atoms with Crippen LogP contribution in [0, 0.1) is 6.92 Å². The molecular weight excluding hydrogens is 270 g/mol. The molecule has 0 bridgehead atoms. The van der Waals surface area contributed by atoms with Crippen LogP contribution in [0.3, 0.4) is 0 Å². The van der Waals surface area contributed by atoms with Gasteiger partial charge in [0.15, 0.2) is 11.3 Å². The molecule has 0 aliphatic carbocycles. The largest absolute Gasteiger partial charge is 0.497 e. The number of methoxy groups -OCH3 is 1. The predicted octanol–water partition coefficient (Wildman–Crippen LogP) is 1.23. The Balaban J connectivity index is 2.21. The summed E-state index contributed by atoms with van der Waals surface area (Å²) < 4.78 is 6.91. The third-order valence-corrected chi connectivity index (χ3v) is 3.09. The lowest BCUT2D eigenvalue weighted by Gasteiger charge is -2.06. The van der Waals surface area contributed by atoms with Gasteiger partial charge in [-0.25, -0.2) is 15.0 Å². The Kier molecular flexibility index (Phi) is 3.02. The van der Waals surface area contributed by atoms with Gasteiger partial charge in [-0.05, 0) is 31.2 Å². The van der Waals surface area contributed by atoms with Crippen LogP contribution < -0.4 is 10.5 Å². The summed E-state index contributed by atoms with van der Waals surface area (Å²) in [5.41, 5.74) is 7.26. The van der Waals surface area contributed by atoms with Gasteiger partial charge in [0.25, 0.3) is 5.91 Å². The van der Waals surface area contributed by atoms with E-state index in [1.165, 1.54) is 0 Å². The molecule has 7 heteroatoms. The van der Waals surface area contributed by atoms with Crippen molar-refractivity contribution in [2.24, 2.45) is 5.73 Å². The smallest absolute Gasteiger partial charge is 0.269 e. The molecule has 0 aliphatic rings. The maximum atomic E-state index is 11.5. The second-order valence-electron chi connectivity index (χ2n) is 4.47. The van der Waals surface area contributed by atoms with Gasteiger partial charge in [-0.2, -0.15) is 0 Å². The highest BCUT2D eigenvalue weighted by Crippen LogP contribution is 2.20. The first kappa shape index (κ1) is 13.0. The fourth-order valence-electron chi connectivity index (χ4n) is 2.11. The maximum Gasteiger partial charge on any atom is 0.269 e. The lowest BCUT2D eigenvalue weighted by atomic mass is 10.3. The van der Waals surface area contributed by atoms with E-state index < -0.39 is 5.91 Å². The number of ether oxygens (including phenoxy) is 1. The molecule has 2 aromatic heterocycles. The second kappa shape index (κ2) is 4.86. The lowest BCUT2D eigenvalue weighted by Crippen LogP contribution is -2.15. The number of fused-ring (bicyclic) bond motifs is 1. The van der Waals surface area contributed by atoms with E-state index in [0.717, 1.165) is 11.4 Å². The first-order valence-corrected chi connectivity index (χ1v) is 6.26. The van der Waals surface area contributed by atoms with Gasteiger partial charge in [-0.3, -0.25) is 9.36 Å². The number of imidazole rings is 1. The van der Waals surface area contributed by atoms with Crippen molar-refractivity contribution in [1.29, 1.82) is 0 Å². The van der Waals surface area contributed by atoms with Crippen molar-refractivity contribution >= 4 is 17.1 Å². The van der Waals surface area contributed by atoms with Gasteiger partial charge in [0.05, 0.1) is 7.11 Å². The van der Waals surface area contributed by atoms with Gasteiger partial charge in [0.2, 0.25) is 0 Å². The molecule has 0 saturated heterocycles. The first-order chi connectivity index (χ1) is 10.1. The molecule has 0 spiro atoms. The van der Waals surface area contributed by atoms with Crippen molar-refractivity contribution < 1.29 is 9.53 Å². The van der Waals surface area contributed by atoms with E-state index in [9.17, 15) is 4.79 Å². The minimum Gasteiger partial charge on any atom is -0.497 e. The Morgan fingerprint density at radius 1 is 1.24 bits per heavy atom. The van der Waals surface area contributed by atoms with Gasteiger partial charge >= 0.3 is 0 Å². The van der Waals surface area contributed by atoms with E-state index in [4.69, 9.17) is 10.5 Å². The Labute approximate surface area is 120 Å². The molecule has 0 radical (unpaired) electrons. The number of nitrogens with zero attached hydrogens (tertiary/aromatic N) is 4. The van der Waals surface area contributed by atoms with Crippen LogP contribution in [-0.4, -0.2) is 32.5 Å². The van der Waals surface area contributed by atoms with Crippen molar-refractivity contribution in [1.82, 2.24) is 19.5 Å². The molecule has 106 valence electrons. The molecule has 0 atom stereocenters. The highest BCUT2D eigenvalue weighted by molar-refractivity contribution is 6.01. The van der Waals surface area contributed by atoms with Crippen molar-refractivity contribution in [2.75, 3.05) is 7.11 Å². The standard InChI is InChI=1S/C14H13N5O2/c1-8-17-11(13(15)20)12-14(18-8)19(7-16-12)9-3-5-10(21-2)6-4-9/h3-7H,1-2H3,(H2,15,20).